The summed E-state index contributed by atoms with van der Waals surface area (Å²) >= 11 is 1.96. The average molecular weight is 644 g/mol. The van der Waals surface area contributed by atoms with Crippen LogP contribution >= 0.6 is 22.6 Å². The summed E-state index contributed by atoms with van der Waals surface area (Å²) < 4.78 is 21.6. The number of carbonyl (C=O) groups is 2. The van der Waals surface area contributed by atoms with Crippen molar-refractivity contribution in [3.8, 4) is 22.9 Å². The SMILES string of the molecule is CNC(=O)COc1ccc(-c2[nH]c(=O)n([C@H](C(=O)Nc3ccc(I)cc3F)[C@@H](C)c3ccccc3)c2O)cc1. The van der Waals surface area contributed by atoms with Crippen molar-refractivity contribution in [2.24, 2.45) is 0 Å². The predicted octanol–water partition coefficient (Wildman–Crippen LogP) is 4.40. The van der Waals surface area contributed by atoms with Crippen molar-refractivity contribution in [2.75, 3.05) is 19.0 Å². The molecule has 0 radical (unpaired) electrons. The van der Waals surface area contributed by atoms with Gasteiger partial charge in [0.25, 0.3) is 5.91 Å². The second-order valence-electron chi connectivity index (χ2n) is 8.74. The summed E-state index contributed by atoms with van der Waals surface area (Å²) in [5.41, 5.74) is 0.532. The third kappa shape index (κ3) is 6.30. The molecule has 4 aromatic rings. The van der Waals surface area contributed by atoms with Gasteiger partial charge in [0.1, 0.15) is 23.3 Å². The molecule has 202 valence electrons. The summed E-state index contributed by atoms with van der Waals surface area (Å²) in [6.07, 6.45) is 0. The minimum atomic E-state index is -1.22. The molecule has 0 spiro atoms. The molecule has 0 saturated carbocycles. The van der Waals surface area contributed by atoms with E-state index in [1.807, 2.05) is 40.8 Å². The molecule has 1 aromatic heterocycles. The van der Waals surface area contributed by atoms with Crippen LogP contribution in [0, 0.1) is 9.39 Å². The van der Waals surface area contributed by atoms with Crippen LogP contribution in [-0.2, 0) is 9.59 Å². The minimum absolute atomic E-state index is 0.0404. The lowest BCUT2D eigenvalue weighted by Crippen LogP contribution is -2.35. The number of halogens is 2. The summed E-state index contributed by atoms with van der Waals surface area (Å²) in [7, 11) is 1.50. The molecule has 9 nitrogen and oxygen atoms in total. The standard InChI is InChI=1S/C28H26FIN4O5/c1-16(17-6-4-3-5-7-17)25(26(36)32-22-13-10-19(30)14-21(22)29)34-27(37)24(33-28(34)38)18-8-11-20(12-9-18)39-15-23(35)31-2/h3-14,16,25,37H,15H2,1-2H3,(H,31,35)(H,32,36)(H,33,38)/t16-,25-/m0/s1. The molecule has 2 amide bonds. The first-order chi connectivity index (χ1) is 18.7. The lowest BCUT2D eigenvalue weighted by molar-refractivity contribution is -0.122. The first-order valence-corrected chi connectivity index (χ1v) is 13.1. The van der Waals surface area contributed by atoms with Gasteiger partial charge >= 0.3 is 5.69 Å². The van der Waals surface area contributed by atoms with Crippen LogP contribution in [0.15, 0.2) is 77.6 Å². The molecule has 0 unspecified atom stereocenters. The number of benzene rings is 3. The van der Waals surface area contributed by atoms with Crippen LogP contribution in [0.3, 0.4) is 0 Å². The van der Waals surface area contributed by atoms with Gasteiger partial charge in [0, 0.05) is 22.1 Å². The highest BCUT2D eigenvalue weighted by Crippen LogP contribution is 2.35. The Bertz CT molecular complexity index is 1540. The highest BCUT2D eigenvalue weighted by molar-refractivity contribution is 14.1. The largest absolute Gasteiger partial charge is 0.493 e. The maximum Gasteiger partial charge on any atom is 0.329 e. The maximum absolute atomic E-state index is 14.6. The van der Waals surface area contributed by atoms with E-state index in [0.717, 1.165) is 10.1 Å². The molecule has 0 bridgehead atoms. The number of nitrogens with zero attached hydrogens (tertiary/aromatic N) is 1. The van der Waals surface area contributed by atoms with Gasteiger partial charge in [0.15, 0.2) is 6.61 Å². The highest BCUT2D eigenvalue weighted by atomic mass is 127. The van der Waals surface area contributed by atoms with Gasteiger partial charge in [-0.1, -0.05) is 37.3 Å². The van der Waals surface area contributed by atoms with E-state index in [2.05, 4.69) is 15.6 Å². The Labute approximate surface area is 237 Å². The molecule has 4 N–H and O–H groups in total. The minimum Gasteiger partial charge on any atom is -0.493 e. The fourth-order valence-corrected chi connectivity index (χ4v) is 4.60. The van der Waals surface area contributed by atoms with Crippen molar-refractivity contribution in [3.05, 3.63) is 98.2 Å². The number of aromatic amines is 1. The molecule has 11 heteroatoms. The van der Waals surface area contributed by atoms with Crippen LogP contribution in [0.2, 0.25) is 0 Å². The van der Waals surface area contributed by atoms with Crippen molar-refractivity contribution in [1.29, 1.82) is 0 Å². The number of imidazole rings is 1. The number of carbonyl (C=O) groups excluding carboxylic acids is 2. The number of hydrogen-bond donors (Lipinski definition) is 4. The number of rotatable bonds is 9. The second-order valence-corrected chi connectivity index (χ2v) is 9.99. The number of amides is 2. The molecule has 4 rings (SSSR count). The third-order valence-electron chi connectivity index (χ3n) is 6.23. The van der Waals surface area contributed by atoms with Gasteiger partial charge in [-0.2, -0.15) is 0 Å². The molecule has 39 heavy (non-hydrogen) atoms. The average Bonchev–Trinajstić information content (AvgIpc) is 3.23. The van der Waals surface area contributed by atoms with Gasteiger partial charge in [0.05, 0.1) is 5.69 Å². The Kier molecular flexibility index (Phi) is 8.69. The molecule has 0 aliphatic carbocycles. The van der Waals surface area contributed by atoms with Crippen molar-refractivity contribution in [3.63, 3.8) is 0 Å². The van der Waals surface area contributed by atoms with Gasteiger partial charge in [-0.3, -0.25) is 9.59 Å². The number of anilines is 1. The van der Waals surface area contributed by atoms with E-state index in [-0.39, 0.29) is 23.9 Å². The fraction of sp³-hybridized carbons (Fsp3) is 0.179. The number of aromatic nitrogens is 2. The summed E-state index contributed by atoms with van der Waals surface area (Å²) in [6.45, 7) is 1.59. The van der Waals surface area contributed by atoms with Crippen molar-refractivity contribution in [2.45, 2.75) is 18.9 Å². The van der Waals surface area contributed by atoms with E-state index < -0.39 is 35.3 Å². The van der Waals surface area contributed by atoms with Gasteiger partial charge in [0.2, 0.25) is 11.8 Å². The van der Waals surface area contributed by atoms with E-state index in [1.54, 1.807) is 49.4 Å². The van der Waals surface area contributed by atoms with E-state index in [0.29, 0.717) is 14.9 Å². The number of likely N-dealkylation sites (N-methyl/N-ethyl adjacent to an activating group) is 1. The first-order valence-electron chi connectivity index (χ1n) is 12.0. The summed E-state index contributed by atoms with van der Waals surface area (Å²) in [5.74, 6) is -2.20. The second kappa shape index (κ2) is 12.2. The lowest BCUT2D eigenvalue weighted by Gasteiger charge is -2.25. The Balaban J connectivity index is 1.71. The predicted molar refractivity (Wildman–Crippen MR) is 153 cm³/mol. The van der Waals surface area contributed by atoms with Crippen molar-refractivity contribution < 1.29 is 23.8 Å². The molecule has 3 aromatic carbocycles. The molecule has 0 saturated heterocycles. The highest BCUT2D eigenvalue weighted by Gasteiger charge is 2.33. The smallest absolute Gasteiger partial charge is 0.329 e. The zero-order valence-electron chi connectivity index (χ0n) is 21.1. The van der Waals surface area contributed by atoms with Gasteiger partial charge < -0.3 is 25.5 Å². The molecule has 1 heterocycles. The molecule has 2 atom stereocenters. The number of hydrogen-bond acceptors (Lipinski definition) is 5. The molecule has 0 aliphatic rings. The number of nitrogens with one attached hydrogen (secondary N) is 3. The zero-order chi connectivity index (χ0) is 28.1. The number of H-pyrrole nitrogens is 1. The molecular formula is C28H26FIN4O5. The van der Waals surface area contributed by atoms with Crippen molar-refractivity contribution >= 4 is 40.1 Å². The van der Waals surface area contributed by atoms with Crippen LogP contribution in [0.5, 0.6) is 11.6 Å². The number of ether oxygens (including phenoxy) is 1. The third-order valence-corrected chi connectivity index (χ3v) is 6.90. The molecule has 0 aliphatic heterocycles. The monoisotopic (exact) mass is 644 g/mol. The van der Waals surface area contributed by atoms with Crippen LogP contribution < -0.4 is 21.1 Å². The first kappa shape index (κ1) is 27.9. The van der Waals surface area contributed by atoms with Gasteiger partial charge in [-0.15, -0.1) is 0 Å². The van der Waals surface area contributed by atoms with Crippen LogP contribution in [-0.4, -0.2) is 40.1 Å². The van der Waals surface area contributed by atoms with E-state index in [4.69, 9.17) is 4.74 Å². The molecular weight excluding hydrogens is 618 g/mol. The topological polar surface area (TPSA) is 125 Å². The van der Waals surface area contributed by atoms with Crippen LogP contribution in [0.4, 0.5) is 10.1 Å². The summed E-state index contributed by atoms with van der Waals surface area (Å²) in [6, 6.07) is 18.6. The quantitative estimate of drug-likeness (QED) is 0.201. The van der Waals surface area contributed by atoms with Crippen LogP contribution in [0.25, 0.3) is 11.3 Å². The Morgan fingerprint density at radius 3 is 2.44 bits per heavy atom. The van der Waals surface area contributed by atoms with Gasteiger partial charge in [-0.25, -0.2) is 13.8 Å². The Hall–Kier alpha value is -4.13. The Morgan fingerprint density at radius 2 is 1.79 bits per heavy atom. The molecule has 0 fully saturated rings. The fourth-order valence-electron chi connectivity index (χ4n) is 4.14. The normalized spacial score (nSPS) is 12.4. The lowest BCUT2D eigenvalue weighted by atomic mass is 9.92. The maximum atomic E-state index is 14.6. The van der Waals surface area contributed by atoms with E-state index in [1.165, 1.54) is 19.2 Å². The zero-order valence-corrected chi connectivity index (χ0v) is 23.2. The van der Waals surface area contributed by atoms with Gasteiger partial charge in [-0.05, 0) is 70.6 Å². The summed E-state index contributed by atoms with van der Waals surface area (Å²) in [5, 5.41) is 16.2. The van der Waals surface area contributed by atoms with E-state index >= 15 is 0 Å². The number of aromatic hydroxyl groups is 1. The van der Waals surface area contributed by atoms with Crippen molar-refractivity contribution in [1.82, 2.24) is 14.9 Å². The van der Waals surface area contributed by atoms with Crippen LogP contribution in [0.1, 0.15) is 24.4 Å². The summed E-state index contributed by atoms with van der Waals surface area (Å²) in [4.78, 5) is 40.8. The Morgan fingerprint density at radius 1 is 1.10 bits per heavy atom. The van der Waals surface area contributed by atoms with E-state index in [9.17, 15) is 23.9 Å².